The molecule has 4 aromatic rings. The van der Waals surface area contributed by atoms with Crippen LogP contribution in [0.3, 0.4) is 0 Å². The summed E-state index contributed by atoms with van der Waals surface area (Å²) < 4.78 is 22.1. The first-order chi connectivity index (χ1) is 17.6. The predicted octanol–water partition coefficient (Wildman–Crippen LogP) is 4.63. The van der Waals surface area contributed by atoms with E-state index in [0.717, 1.165) is 44.3 Å². The van der Waals surface area contributed by atoms with Crippen molar-refractivity contribution >= 4 is 22.3 Å². The van der Waals surface area contributed by atoms with Crippen molar-refractivity contribution in [2.45, 2.75) is 0 Å². The highest BCUT2D eigenvalue weighted by atomic mass is 16.5. The Hall–Kier alpha value is -4.01. The quantitative estimate of drug-likeness (QED) is 0.347. The van der Waals surface area contributed by atoms with Gasteiger partial charge in [-0.25, -0.2) is 4.79 Å². The van der Waals surface area contributed by atoms with Gasteiger partial charge in [0.25, 0.3) is 0 Å². The number of hydrogen-bond acceptors (Lipinski definition) is 8. The topological polar surface area (TPSA) is 93.4 Å². The van der Waals surface area contributed by atoms with Crippen LogP contribution >= 0.6 is 0 Å². The number of methoxy groups -OCH3 is 1. The number of benzene rings is 3. The van der Waals surface area contributed by atoms with E-state index in [2.05, 4.69) is 10.2 Å². The van der Waals surface area contributed by atoms with Crippen molar-refractivity contribution in [2.75, 3.05) is 51.9 Å². The molecule has 2 heterocycles. The maximum atomic E-state index is 13.1. The zero-order valence-corrected chi connectivity index (χ0v) is 20.0. The molecule has 2 N–H and O–H groups in total. The number of morpholine rings is 1. The molecule has 0 radical (unpaired) electrons. The van der Waals surface area contributed by atoms with Crippen LogP contribution in [0, 0.1) is 0 Å². The first-order valence-corrected chi connectivity index (χ1v) is 11.8. The second-order valence-corrected chi connectivity index (χ2v) is 8.50. The van der Waals surface area contributed by atoms with E-state index in [4.69, 9.17) is 18.6 Å². The van der Waals surface area contributed by atoms with Crippen molar-refractivity contribution in [1.82, 2.24) is 4.90 Å². The molecule has 1 aromatic heterocycles. The maximum absolute atomic E-state index is 13.1. The van der Waals surface area contributed by atoms with E-state index >= 15 is 0 Å². The van der Waals surface area contributed by atoms with E-state index in [1.165, 1.54) is 6.07 Å². The van der Waals surface area contributed by atoms with Gasteiger partial charge in [0.2, 0.25) is 0 Å². The number of ether oxygens (including phenoxy) is 3. The fourth-order valence-corrected chi connectivity index (χ4v) is 4.24. The van der Waals surface area contributed by atoms with Gasteiger partial charge in [-0.05, 0) is 54.1 Å². The molecule has 0 spiro atoms. The van der Waals surface area contributed by atoms with Gasteiger partial charge in [0.15, 0.2) is 0 Å². The summed E-state index contributed by atoms with van der Waals surface area (Å²) in [4.78, 5) is 15.4. The third-order valence-electron chi connectivity index (χ3n) is 6.17. The summed E-state index contributed by atoms with van der Waals surface area (Å²) in [6, 6.07) is 19.6. The molecule has 0 unspecified atom stereocenters. The minimum atomic E-state index is -0.510. The lowest BCUT2D eigenvalue weighted by Crippen LogP contribution is -2.38. The van der Waals surface area contributed by atoms with Crippen LogP contribution in [0.25, 0.3) is 22.1 Å². The summed E-state index contributed by atoms with van der Waals surface area (Å²) in [6.07, 6.45) is 0. The van der Waals surface area contributed by atoms with Gasteiger partial charge < -0.3 is 29.1 Å². The van der Waals surface area contributed by atoms with E-state index in [-0.39, 0.29) is 5.75 Å². The third-order valence-corrected chi connectivity index (χ3v) is 6.17. The van der Waals surface area contributed by atoms with E-state index < -0.39 is 5.63 Å². The second kappa shape index (κ2) is 10.7. The molecule has 1 saturated heterocycles. The van der Waals surface area contributed by atoms with E-state index in [0.29, 0.717) is 40.1 Å². The monoisotopic (exact) mass is 488 g/mol. The molecule has 1 fully saturated rings. The highest BCUT2D eigenvalue weighted by Gasteiger charge is 2.18. The van der Waals surface area contributed by atoms with Crippen LogP contribution in [-0.2, 0) is 4.74 Å². The van der Waals surface area contributed by atoms with Crippen LogP contribution in [0.15, 0.2) is 75.9 Å². The molecule has 36 heavy (non-hydrogen) atoms. The molecular weight excluding hydrogens is 460 g/mol. The Morgan fingerprint density at radius 1 is 0.972 bits per heavy atom. The molecular formula is C28H28N2O6. The number of anilines is 2. The largest absolute Gasteiger partial charge is 0.508 e. The van der Waals surface area contributed by atoms with Gasteiger partial charge in [-0.2, -0.15) is 0 Å². The number of nitrogens with zero attached hydrogens (tertiary/aromatic N) is 1. The highest BCUT2D eigenvalue weighted by molar-refractivity contribution is 6.00. The molecule has 1 aliphatic rings. The molecule has 1 aliphatic heterocycles. The summed E-state index contributed by atoms with van der Waals surface area (Å²) in [5.41, 5.74) is 2.23. The van der Waals surface area contributed by atoms with Crippen molar-refractivity contribution < 1.29 is 23.7 Å². The maximum Gasteiger partial charge on any atom is 0.346 e. The number of aromatic hydroxyl groups is 1. The number of phenolic OH excluding ortho intramolecular Hbond substituents is 1. The lowest BCUT2D eigenvalue weighted by molar-refractivity contribution is 0.0322. The first kappa shape index (κ1) is 23.7. The number of hydrogen-bond donors (Lipinski definition) is 2. The second-order valence-electron chi connectivity index (χ2n) is 8.50. The minimum Gasteiger partial charge on any atom is -0.508 e. The van der Waals surface area contributed by atoms with Gasteiger partial charge >= 0.3 is 5.63 Å². The molecule has 8 nitrogen and oxygen atoms in total. The Bertz CT molecular complexity index is 1380. The average molecular weight is 489 g/mol. The molecule has 0 amide bonds. The molecule has 0 atom stereocenters. The zero-order valence-electron chi connectivity index (χ0n) is 20.0. The molecule has 8 heteroatoms. The van der Waals surface area contributed by atoms with Crippen LogP contribution in [0.1, 0.15) is 0 Å². The van der Waals surface area contributed by atoms with Crippen molar-refractivity contribution in [3.63, 3.8) is 0 Å². The van der Waals surface area contributed by atoms with Crippen LogP contribution < -0.4 is 20.4 Å². The standard InChI is InChI=1S/C28H28N2O6/c1-33-22-7-2-19(3-8-22)26-27(24-11-6-21(31)18-25(24)36-28(26)32)29-20-4-9-23(10-5-20)35-17-14-30-12-15-34-16-13-30/h2-11,18,29,31H,12-17H2,1H3. The number of fused-ring (bicyclic) bond motifs is 1. The van der Waals surface area contributed by atoms with Gasteiger partial charge in [-0.3, -0.25) is 4.90 Å². The fourth-order valence-electron chi connectivity index (χ4n) is 4.24. The molecule has 0 aliphatic carbocycles. The fraction of sp³-hybridized carbons (Fsp3) is 0.250. The Labute approximate surface area is 208 Å². The first-order valence-electron chi connectivity index (χ1n) is 11.8. The summed E-state index contributed by atoms with van der Waals surface area (Å²) >= 11 is 0. The normalized spacial score (nSPS) is 14.0. The van der Waals surface area contributed by atoms with Gasteiger partial charge in [-0.1, -0.05) is 12.1 Å². The third kappa shape index (κ3) is 5.30. The van der Waals surface area contributed by atoms with E-state index in [1.807, 2.05) is 36.4 Å². The Kier molecular flexibility index (Phi) is 7.06. The van der Waals surface area contributed by atoms with Gasteiger partial charge in [0.05, 0.1) is 31.6 Å². The number of nitrogens with one attached hydrogen (secondary N) is 1. The van der Waals surface area contributed by atoms with E-state index in [9.17, 15) is 9.90 Å². The van der Waals surface area contributed by atoms with Gasteiger partial charge in [0.1, 0.15) is 29.4 Å². The molecule has 3 aromatic carbocycles. The number of rotatable bonds is 8. The Morgan fingerprint density at radius 2 is 1.69 bits per heavy atom. The van der Waals surface area contributed by atoms with Gasteiger partial charge in [0, 0.05) is 36.8 Å². The predicted molar refractivity (Wildman–Crippen MR) is 139 cm³/mol. The van der Waals surface area contributed by atoms with Crippen LogP contribution in [-0.4, -0.2) is 56.6 Å². The molecule has 0 bridgehead atoms. The summed E-state index contributed by atoms with van der Waals surface area (Å²) in [5, 5.41) is 14.0. The van der Waals surface area contributed by atoms with E-state index in [1.54, 1.807) is 31.4 Å². The smallest absolute Gasteiger partial charge is 0.346 e. The SMILES string of the molecule is COc1ccc(-c2c(Nc3ccc(OCCN4CCOCC4)cc3)c3ccc(O)cc3oc2=O)cc1. The summed E-state index contributed by atoms with van der Waals surface area (Å²) in [7, 11) is 1.59. The summed E-state index contributed by atoms with van der Waals surface area (Å²) in [5.74, 6) is 1.48. The summed E-state index contributed by atoms with van der Waals surface area (Å²) in [6.45, 7) is 4.85. The van der Waals surface area contributed by atoms with Crippen LogP contribution in [0.2, 0.25) is 0 Å². The highest BCUT2D eigenvalue weighted by Crippen LogP contribution is 2.36. The van der Waals surface area contributed by atoms with Crippen LogP contribution in [0.5, 0.6) is 17.2 Å². The van der Waals surface area contributed by atoms with Crippen molar-refractivity contribution in [3.05, 3.63) is 77.2 Å². The van der Waals surface area contributed by atoms with Gasteiger partial charge in [-0.15, -0.1) is 0 Å². The van der Waals surface area contributed by atoms with Crippen molar-refractivity contribution in [2.24, 2.45) is 0 Å². The Morgan fingerprint density at radius 3 is 2.42 bits per heavy atom. The van der Waals surface area contributed by atoms with Crippen molar-refractivity contribution in [3.8, 4) is 28.4 Å². The lowest BCUT2D eigenvalue weighted by Gasteiger charge is -2.26. The zero-order chi connectivity index (χ0) is 24.9. The molecule has 0 saturated carbocycles. The molecule has 5 rings (SSSR count). The Balaban J connectivity index is 1.41. The average Bonchev–Trinajstić information content (AvgIpc) is 2.90. The lowest BCUT2D eigenvalue weighted by atomic mass is 10.0. The number of phenols is 1. The van der Waals surface area contributed by atoms with Crippen molar-refractivity contribution in [1.29, 1.82) is 0 Å². The van der Waals surface area contributed by atoms with Crippen LogP contribution in [0.4, 0.5) is 11.4 Å². The minimum absolute atomic E-state index is 0.0207. The molecule has 186 valence electrons.